The fourth-order valence-electron chi connectivity index (χ4n) is 7.29. The summed E-state index contributed by atoms with van der Waals surface area (Å²) in [6.45, 7) is 0. The van der Waals surface area contributed by atoms with Crippen LogP contribution in [-0.4, -0.2) is 14.5 Å². The predicted octanol–water partition coefficient (Wildman–Crippen LogP) is 12.6. The van der Waals surface area contributed by atoms with E-state index in [1.807, 2.05) is 23.5 Å². The van der Waals surface area contributed by atoms with E-state index in [0.717, 1.165) is 39.3 Å². The van der Waals surface area contributed by atoms with Gasteiger partial charge in [0.15, 0.2) is 5.82 Å². The molecule has 234 valence electrons. The standard InChI is InChI=1S/C46H29N3S/c1-3-14-30(15-4-1)40-29-41(31-16-5-2-6-17-31)48-46(47-40)33-26-32(35-21-13-22-39-38-20-9-12-25-44(38)50-45(35)39)27-34(28-33)49-42-23-10-7-18-36(42)37-19-8-11-24-43(37)49/h1-29H. The zero-order valence-corrected chi connectivity index (χ0v) is 27.8. The van der Waals surface area contributed by atoms with Gasteiger partial charge in [0.1, 0.15) is 0 Å². The largest absolute Gasteiger partial charge is 0.309 e. The van der Waals surface area contributed by atoms with E-state index in [4.69, 9.17) is 9.97 Å². The molecule has 0 saturated heterocycles. The molecule has 3 aromatic heterocycles. The van der Waals surface area contributed by atoms with Crippen molar-refractivity contribution in [1.29, 1.82) is 0 Å². The molecule has 0 unspecified atom stereocenters. The van der Waals surface area contributed by atoms with Gasteiger partial charge in [0.2, 0.25) is 0 Å². The molecule has 0 saturated carbocycles. The van der Waals surface area contributed by atoms with Crippen LogP contribution in [0.15, 0.2) is 176 Å². The Morgan fingerprint density at radius 2 is 0.940 bits per heavy atom. The van der Waals surface area contributed by atoms with Crippen LogP contribution in [-0.2, 0) is 0 Å². The summed E-state index contributed by atoms with van der Waals surface area (Å²) in [6.07, 6.45) is 0. The van der Waals surface area contributed by atoms with Crippen LogP contribution in [0.2, 0.25) is 0 Å². The molecule has 0 radical (unpaired) electrons. The highest BCUT2D eigenvalue weighted by molar-refractivity contribution is 7.26. The van der Waals surface area contributed by atoms with Gasteiger partial charge >= 0.3 is 0 Å². The third-order valence-electron chi connectivity index (χ3n) is 9.59. The zero-order chi connectivity index (χ0) is 33.0. The smallest absolute Gasteiger partial charge is 0.160 e. The first-order valence-electron chi connectivity index (χ1n) is 16.8. The highest BCUT2D eigenvalue weighted by atomic mass is 32.1. The van der Waals surface area contributed by atoms with Crippen LogP contribution in [0.1, 0.15) is 0 Å². The van der Waals surface area contributed by atoms with E-state index < -0.39 is 0 Å². The maximum Gasteiger partial charge on any atom is 0.160 e. The third kappa shape index (κ3) is 4.73. The van der Waals surface area contributed by atoms with Crippen LogP contribution < -0.4 is 0 Å². The second kappa shape index (κ2) is 11.7. The highest BCUT2D eigenvalue weighted by Gasteiger charge is 2.18. The number of rotatable bonds is 5. The van der Waals surface area contributed by atoms with Gasteiger partial charge in [0.05, 0.1) is 22.4 Å². The second-order valence-corrected chi connectivity index (χ2v) is 13.7. The number of nitrogens with zero attached hydrogens (tertiary/aromatic N) is 3. The van der Waals surface area contributed by atoms with Gasteiger partial charge in [-0.15, -0.1) is 11.3 Å². The van der Waals surface area contributed by atoms with Crippen LogP contribution in [0.25, 0.3) is 92.7 Å². The normalized spacial score (nSPS) is 11.6. The molecule has 50 heavy (non-hydrogen) atoms. The van der Waals surface area contributed by atoms with Crippen LogP contribution in [0.5, 0.6) is 0 Å². The lowest BCUT2D eigenvalue weighted by Gasteiger charge is -2.15. The van der Waals surface area contributed by atoms with Crippen LogP contribution in [0.3, 0.4) is 0 Å². The van der Waals surface area contributed by atoms with Gasteiger partial charge in [-0.25, -0.2) is 9.97 Å². The van der Waals surface area contributed by atoms with Crippen molar-refractivity contribution in [2.24, 2.45) is 0 Å². The molecule has 3 nitrogen and oxygen atoms in total. The van der Waals surface area contributed by atoms with E-state index in [1.54, 1.807) is 0 Å². The lowest BCUT2D eigenvalue weighted by atomic mass is 9.99. The molecule has 7 aromatic carbocycles. The molecule has 3 heterocycles. The van der Waals surface area contributed by atoms with Crippen molar-refractivity contribution in [3.05, 3.63) is 176 Å². The van der Waals surface area contributed by atoms with Crippen molar-refractivity contribution >= 4 is 53.3 Å². The highest BCUT2D eigenvalue weighted by Crippen LogP contribution is 2.42. The molecule has 0 bridgehead atoms. The predicted molar refractivity (Wildman–Crippen MR) is 211 cm³/mol. The molecule has 0 aliphatic carbocycles. The number of thiophene rings is 1. The molecule has 10 rings (SSSR count). The van der Waals surface area contributed by atoms with E-state index >= 15 is 0 Å². The Bertz CT molecular complexity index is 2760. The number of hydrogen-bond acceptors (Lipinski definition) is 3. The molecule has 0 atom stereocenters. The van der Waals surface area contributed by atoms with Crippen LogP contribution in [0, 0.1) is 0 Å². The summed E-state index contributed by atoms with van der Waals surface area (Å²) in [7, 11) is 0. The molecule has 4 heteroatoms. The molecule has 0 spiro atoms. The average molecular weight is 656 g/mol. The number of hydrogen-bond donors (Lipinski definition) is 0. The van der Waals surface area contributed by atoms with Gasteiger partial charge in [-0.05, 0) is 53.6 Å². The topological polar surface area (TPSA) is 30.7 Å². The minimum absolute atomic E-state index is 0.692. The first kappa shape index (κ1) is 28.6. The fraction of sp³-hybridized carbons (Fsp3) is 0. The summed E-state index contributed by atoms with van der Waals surface area (Å²) < 4.78 is 4.96. The Morgan fingerprint density at radius 1 is 0.400 bits per heavy atom. The number of fused-ring (bicyclic) bond motifs is 6. The Morgan fingerprint density at radius 3 is 1.60 bits per heavy atom. The first-order chi connectivity index (χ1) is 24.8. The maximum atomic E-state index is 5.26. The van der Waals surface area contributed by atoms with Gasteiger partial charge in [0, 0.05) is 53.3 Å². The van der Waals surface area contributed by atoms with Crippen LogP contribution in [0.4, 0.5) is 0 Å². The van der Waals surface area contributed by atoms with Crippen molar-refractivity contribution in [1.82, 2.24) is 14.5 Å². The van der Waals surface area contributed by atoms with Gasteiger partial charge in [-0.3, -0.25) is 0 Å². The minimum atomic E-state index is 0.692. The molecule has 0 fully saturated rings. The molecule has 0 amide bonds. The van der Waals surface area contributed by atoms with Crippen molar-refractivity contribution in [2.75, 3.05) is 0 Å². The summed E-state index contributed by atoms with van der Waals surface area (Å²) in [5.74, 6) is 0.692. The molecule has 0 aliphatic heterocycles. The number of aromatic nitrogens is 3. The lowest BCUT2D eigenvalue weighted by molar-refractivity contribution is 1.16. The van der Waals surface area contributed by atoms with Gasteiger partial charge in [-0.1, -0.05) is 133 Å². The first-order valence-corrected chi connectivity index (χ1v) is 17.6. The van der Waals surface area contributed by atoms with Gasteiger partial charge in [0.25, 0.3) is 0 Å². The van der Waals surface area contributed by atoms with E-state index in [-0.39, 0.29) is 0 Å². The SMILES string of the molecule is c1ccc(-c2cc(-c3ccccc3)nc(-c3cc(-c4cccc5c4sc4ccccc45)cc(-n4c5ccccc5c5ccccc54)c3)n2)cc1. The Labute approximate surface area is 293 Å². The summed E-state index contributed by atoms with van der Waals surface area (Å²) in [6, 6.07) is 62.5. The van der Waals surface area contributed by atoms with Crippen molar-refractivity contribution < 1.29 is 0 Å². The summed E-state index contributed by atoms with van der Waals surface area (Å²) in [4.78, 5) is 10.5. The fourth-order valence-corrected chi connectivity index (χ4v) is 8.53. The molecule has 0 N–H and O–H groups in total. The maximum absolute atomic E-state index is 5.26. The summed E-state index contributed by atoms with van der Waals surface area (Å²) in [5.41, 5.74) is 10.6. The number of benzene rings is 7. The van der Waals surface area contributed by atoms with E-state index in [1.165, 1.54) is 47.5 Å². The van der Waals surface area contributed by atoms with Gasteiger partial charge < -0.3 is 4.57 Å². The van der Waals surface area contributed by atoms with Crippen molar-refractivity contribution in [3.63, 3.8) is 0 Å². The zero-order valence-electron chi connectivity index (χ0n) is 27.0. The van der Waals surface area contributed by atoms with Crippen molar-refractivity contribution in [3.8, 4) is 50.7 Å². The monoisotopic (exact) mass is 655 g/mol. The van der Waals surface area contributed by atoms with E-state index in [2.05, 4.69) is 168 Å². The molecular weight excluding hydrogens is 627 g/mol. The van der Waals surface area contributed by atoms with Crippen LogP contribution >= 0.6 is 11.3 Å². The quantitative estimate of drug-likeness (QED) is 0.185. The Balaban J connectivity index is 1.29. The van der Waals surface area contributed by atoms with Gasteiger partial charge in [-0.2, -0.15) is 0 Å². The van der Waals surface area contributed by atoms with E-state index in [9.17, 15) is 0 Å². The van der Waals surface area contributed by atoms with E-state index in [0.29, 0.717) is 5.82 Å². The summed E-state index contributed by atoms with van der Waals surface area (Å²) in [5, 5.41) is 5.03. The third-order valence-corrected chi connectivity index (χ3v) is 10.8. The Kier molecular flexibility index (Phi) is 6.68. The minimum Gasteiger partial charge on any atom is -0.309 e. The number of para-hydroxylation sites is 2. The van der Waals surface area contributed by atoms with Crippen molar-refractivity contribution in [2.45, 2.75) is 0 Å². The molecule has 0 aliphatic rings. The second-order valence-electron chi connectivity index (χ2n) is 12.6. The molecular formula is C46H29N3S. The molecule has 10 aromatic rings. The summed E-state index contributed by atoms with van der Waals surface area (Å²) >= 11 is 1.85. The lowest BCUT2D eigenvalue weighted by Crippen LogP contribution is -1.99. The Hall–Kier alpha value is -6.36. The average Bonchev–Trinajstić information content (AvgIpc) is 3.74.